The van der Waals surface area contributed by atoms with E-state index in [1.54, 1.807) is 4.68 Å². The minimum absolute atomic E-state index is 0.0812. The van der Waals surface area contributed by atoms with E-state index < -0.39 is 9.84 Å². The molecule has 1 N–H and O–H groups in total. The average molecular weight is 231 g/mol. The second kappa shape index (κ2) is 4.76. The van der Waals surface area contributed by atoms with Crippen molar-refractivity contribution in [2.45, 2.75) is 13.0 Å². The van der Waals surface area contributed by atoms with Crippen LogP contribution in [0.3, 0.4) is 0 Å². The number of nitrogens with zero attached hydrogens (tertiary/aromatic N) is 2. The molecule has 0 saturated carbocycles. The molecule has 0 fully saturated rings. The fraction of sp³-hybridized carbons (Fsp3) is 0.667. The smallest absolute Gasteiger partial charge is 0.149 e. The number of rotatable bonds is 5. The molecule has 0 amide bonds. The highest BCUT2D eigenvalue weighted by Crippen LogP contribution is 2.11. The zero-order valence-electron chi connectivity index (χ0n) is 9.27. The predicted molar refractivity (Wildman–Crippen MR) is 59.3 cm³/mol. The molecule has 1 heterocycles. The van der Waals surface area contributed by atoms with Gasteiger partial charge in [-0.1, -0.05) is 6.92 Å². The van der Waals surface area contributed by atoms with Gasteiger partial charge in [0.1, 0.15) is 9.84 Å². The van der Waals surface area contributed by atoms with E-state index in [4.69, 9.17) is 0 Å². The van der Waals surface area contributed by atoms with Crippen molar-refractivity contribution in [1.29, 1.82) is 0 Å². The van der Waals surface area contributed by atoms with Gasteiger partial charge in [-0.2, -0.15) is 5.10 Å². The van der Waals surface area contributed by atoms with Crippen LogP contribution in [0.1, 0.15) is 18.7 Å². The van der Waals surface area contributed by atoms with Gasteiger partial charge in [-0.3, -0.25) is 4.68 Å². The van der Waals surface area contributed by atoms with Gasteiger partial charge in [0.15, 0.2) is 0 Å². The molecular weight excluding hydrogens is 214 g/mol. The second-order valence-corrected chi connectivity index (χ2v) is 5.80. The molecule has 0 aromatic carbocycles. The highest BCUT2D eigenvalue weighted by molar-refractivity contribution is 7.90. The van der Waals surface area contributed by atoms with Crippen LogP contribution in [0.15, 0.2) is 12.3 Å². The van der Waals surface area contributed by atoms with Crippen LogP contribution >= 0.6 is 0 Å². The first-order valence-electron chi connectivity index (χ1n) is 4.83. The minimum Gasteiger partial charge on any atom is -0.308 e. The molecule has 1 rings (SSSR count). The molecule has 0 bridgehead atoms. The van der Waals surface area contributed by atoms with Gasteiger partial charge in [-0.15, -0.1) is 0 Å². The van der Waals surface area contributed by atoms with Crippen molar-refractivity contribution >= 4 is 9.84 Å². The fourth-order valence-electron chi connectivity index (χ4n) is 1.42. The van der Waals surface area contributed by atoms with Crippen molar-refractivity contribution in [3.8, 4) is 0 Å². The van der Waals surface area contributed by atoms with E-state index in [0.29, 0.717) is 0 Å². The highest BCUT2D eigenvalue weighted by Gasteiger charge is 2.18. The summed E-state index contributed by atoms with van der Waals surface area (Å²) in [6.07, 6.45) is 3.04. The Labute approximate surface area is 90.4 Å². The SMILES string of the molecule is CCNC(CS(C)(=O)=O)c1ccn(C)n1. The Morgan fingerprint density at radius 2 is 2.27 bits per heavy atom. The third-order valence-corrected chi connectivity index (χ3v) is 2.95. The summed E-state index contributed by atoms with van der Waals surface area (Å²) in [5.74, 6) is 0.0812. The molecule has 1 atom stereocenters. The molecule has 0 spiro atoms. The summed E-state index contributed by atoms with van der Waals surface area (Å²) >= 11 is 0. The Balaban J connectivity index is 2.83. The van der Waals surface area contributed by atoms with Crippen LogP contribution in [0.2, 0.25) is 0 Å². The largest absolute Gasteiger partial charge is 0.308 e. The van der Waals surface area contributed by atoms with Gasteiger partial charge in [-0.25, -0.2) is 8.42 Å². The summed E-state index contributed by atoms with van der Waals surface area (Å²) in [5, 5.41) is 7.32. The van der Waals surface area contributed by atoms with E-state index in [1.807, 2.05) is 26.2 Å². The maximum absolute atomic E-state index is 11.2. The number of aromatic nitrogens is 2. The Kier molecular flexibility index (Phi) is 3.87. The summed E-state index contributed by atoms with van der Waals surface area (Å²) in [4.78, 5) is 0. The number of sulfone groups is 1. The van der Waals surface area contributed by atoms with Crippen LogP contribution in [-0.4, -0.2) is 36.8 Å². The van der Waals surface area contributed by atoms with E-state index >= 15 is 0 Å². The third kappa shape index (κ3) is 4.01. The van der Waals surface area contributed by atoms with Crippen molar-refractivity contribution in [2.24, 2.45) is 7.05 Å². The molecule has 1 aromatic heterocycles. The molecule has 15 heavy (non-hydrogen) atoms. The Morgan fingerprint density at radius 3 is 2.67 bits per heavy atom. The van der Waals surface area contributed by atoms with Gasteiger partial charge in [0.2, 0.25) is 0 Å². The van der Waals surface area contributed by atoms with Crippen molar-refractivity contribution in [2.75, 3.05) is 18.6 Å². The molecule has 86 valence electrons. The zero-order valence-corrected chi connectivity index (χ0v) is 10.1. The number of nitrogens with one attached hydrogen (secondary N) is 1. The van der Waals surface area contributed by atoms with Gasteiger partial charge in [0, 0.05) is 19.5 Å². The van der Waals surface area contributed by atoms with Gasteiger partial charge >= 0.3 is 0 Å². The third-order valence-electron chi connectivity index (χ3n) is 2.01. The lowest BCUT2D eigenvalue weighted by Gasteiger charge is -2.14. The van der Waals surface area contributed by atoms with Crippen molar-refractivity contribution in [1.82, 2.24) is 15.1 Å². The van der Waals surface area contributed by atoms with E-state index in [9.17, 15) is 8.42 Å². The topological polar surface area (TPSA) is 64.0 Å². The first kappa shape index (κ1) is 12.2. The lowest BCUT2D eigenvalue weighted by molar-refractivity contribution is 0.549. The second-order valence-electron chi connectivity index (χ2n) is 3.62. The normalized spacial score (nSPS) is 14.1. The molecule has 5 nitrogen and oxygen atoms in total. The van der Waals surface area contributed by atoms with Crippen molar-refractivity contribution in [3.05, 3.63) is 18.0 Å². The van der Waals surface area contributed by atoms with E-state index in [2.05, 4.69) is 10.4 Å². The maximum Gasteiger partial charge on any atom is 0.149 e. The van der Waals surface area contributed by atoms with Crippen LogP contribution in [0.5, 0.6) is 0 Å². The summed E-state index contributed by atoms with van der Waals surface area (Å²) in [6.45, 7) is 2.66. The van der Waals surface area contributed by atoms with Crippen LogP contribution in [0.25, 0.3) is 0 Å². The average Bonchev–Trinajstić information content (AvgIpc) is 2.48. The highest BCUT2D eigenvalue weighted by atomic mass is 32.2. The number of hydrogen-bond donors (Lipinski definition) is 1. The van der Waals surface area contributed by atoms with Gasteiger partial charge < -0.3 is 5.32 Å². The molecule has 0 aliphatic rings. The maximum atomic E-state index is 11.2. The predicted octanol–water partition coefficient (Wildman–Crippen LogP) is 0.115. The molecule has 0 saturated heterocycles. The van der Waals surface area contributed by atoms with Gasteiger partial charge in [0.05, 0.1) is 17.5 Å². The summed E-state index contributed by atoms with van der Waals surface area (Å²) in [5.41, 5.74) is 0.768. The molecule has 0 radical (unpaired) electrons. The standard InChI is InChI=1S/C9H17N3O2S/c1-4-10-9(7-15(3,13)14)8-5-6-12(2)11-8/h5-6,9-10H,4,7H2,1-3H3. The Morgan fingerprint density at radius 1 is 1.60 bits per heavy atom. The van der Waals surface area contributed by atoms with E-state index in [0.717, 1.165) is 12.2 Å². The van der Waals surface area contributed by atoms with Crippen LogP contribution < -0.4 is 5.32 Å². The lowest BCUT2D eigenvalue weighted by atomic mass is 10.2. The Hall–Kier alpha value is -0.880. The molecule has 1 unspecified atom stereocenters. The van der Waals surface area contributed by atoms with Gasteiger partial charge in [-0.05, 0) is 12.6 Å². The van der Waals surface area contributed by atoms with Crippen molar-refractivity contribution in [3.63, 3.8) is 0 Å². The molecule has 6 heteroatoms. The van der Waals surface area contributed by atoms with Crippen LogP contribution in [-0.2, 0) is 16.9 Å². The summed E-state index contributed by atoms with van der Waals surface area (Å²) < 4.78 is 24.1. The van der Waals surface area contributed by atoms with E-state index in [-0.39, 0.29) is 11.8 Å². The minimum atomic E-state index is -3.00. The first-order valence-corrected chi connectivity index (χ1v) is 6.89. The van der Waals surface area contributed by atoms with Crippen LogP contribution in [0, 0.1) is 0 Å². The number of aryl methyl sites for hydroxylation is 1. The van der Waals surface area contributed by atoms with E-state index in [1.165, 1.54) is 6.26 Å². The summed E-state index contributed by atoms with van der Waals surface area (Å²) in [7, 11) is -1.18. The molecule has 0 aliphatic carbocycles. The lowest BCUT2D eigenvalue weighted by Crippen LogP contribution is -2.28. The molecule has 0 aliphatic heterocycles. The quantitative estimate of drug-likeness (QED) is 0.781. The Bertz CT molecular complexity index is 411. The van der Waals surface area contributed by atoms with Crippen LogP contribution in [0.4, 0.5) is 0 Å². The van der Waals surface area contributed by atoms with Gasteiger partial charge in [0.25, 0.3) is 0 Å². The zero-order chi connectivity index (χ0) is 11.5. The first-order chi connectivity index (χ1) is 6.92. The fourth-order valence-corrected chi connectivity index (χ4v) is 2.31. The molecular formula is C9H17N3O2S. The number of hydrogen-bond acceptors (Lipinski definition) is 4. The molecule has 1 aromatic rings. The monoisotopic (exact) mass is 231 g/mol. The summed E-state index contributed by atoms with van der Waals surface area (Å²) in [6, 6.07) is 1.62. The van der Waals surface area contributed by atoms with Crippen molar-refractivity contribution < 1.29 is 8.42 Å².